The lowest BCUT2D eigenvalue weighted by atomic mass is 9.80. The summed E-state index contributed by atoms with van der Waals surface area (Å²) in [7, 11) is 0. The van der Waals surface area contributed by atoms with Gasteiger partial charge in [-0.2, -0.15) is 0 Å². The van der Waals surface area contributed by atoms with Gasteiger partial charge in [-0.1, -0.05) is 36.4 Å². The van der Waals surface area contributed by atoms with E-state index < -0.39 is 0 Å². The molecule has 1 aromatic rings. The summed E-state index contributed by atoms with van der Waals surface area (Å²) in [5.74, 6) is -0.324. The van der Waals surface area contributed by atoms with Gasteiger partial charge < -0.3 is 10.1 Å². The van der Waals surface area contributed by atoms with E-state index in [4.69, 9.17) is 4.74 Å². The molecule has 0 unspecified atom stereocenters. The quantitative estimate of drug-likeness (QED) is 0.490. The second-order valence-electron chi connectivity index (χ2n) is 5.02. The highest BCUT2D eigenvalue weighted by Crippen LogP contribution is 2.30. The zero-order valence-corrected chi connectivity index (χ0v) is 11.5. The standard InChI is InChI=1S/C16H19NO3/c1-3-15-14(16(19)17-15)9-13(10-20-11(2)18)12-7-5-4-6-8-12/h3-8,13-15H,1,9-10H2,2H3,(H,17,19)/t13-,14-,15-/m1/s1. The average Bonchev–Trinajstić information content (AvgIpc) is 2.45. The number of benzene rings is 1. The van der Waals surface area contributed by atoms with Crippen molar-refractivity contribution >= 4 is 11.9 Å². The number of β-lactam (4-membered cyclic amide) rings is 1. The molecule has 0 saturated carbocycles. The SMILES string of the molecule is C=C[C@H]1NC(=O)[C@@H]1C[C@H](COC(C)=O)c1ccccc1. The molecular weight excluding hydrogens is 254 g/mol. The van der Waals surface area contributed by atoms with Crippen LogP contribution in [-0.2, 0) is 14.3 Å². The van der Waals surface area contributed by atoms with Crippen molar-refractivity contribution in [2.75, 3.05) is 6.61 Å². The van der Waals surface area contributed by atoms with Crippen LogP contribution in [0.1, 0.15) is 24.8 Å². The highest BCUT2D eigenvalue weighted by Gasteiger charge is 2.38. The van der Waals surface area contributed by atoms with Gasteiger partial charge in [0, 0.05) is 12.8 Å². The molecular formula is C16H19NO3. The van der Waals surface area contributed by atoms with Gasteiger partial charge in [0.2, 0.25) is 5.91 Å². The van der Waals surface area contributed by atoms with Crippen LogP contribution in [0.15, 0.2) is 43.0 Å². The maximum Gasteiger partial charge on any atom is 0.302 e. The van der Waals surface area contributed by atoms with Crippen molar-refractivity contribution in [3.8, 4) is 0 Å². The summed E-state index contributed by atoms with van der Waals surface area (Å²) in [5, 5.41) is 2.80. The fourth-order valence-electron chi connectivity index (χ4n) is 2.47. The van der Waals surface area contributed by atoms with E-state index in [1.54, 1.807) is 6.08 Å². The third-order valence-corrected chi connectivity index (χ3v) is 3.63. The summed E-state index contributed by atoms with van der Waals surface area (Å²) in [6, 6.07) is 9.84. The number of rotatable bonds is 6. The van der Waals surface area contributed by atoms with E-state index in [0.29, 0.717) is 13.0 Å². The van der Waals surface area contributed by atoms with E-state index >= 15 is 0 Å². The molecule has 0 aliphatic carbocycles. The molecule has 3 atom stereocenters. The number of carbonyl (C=O) groups is 2. The number of carbonyl (C=O) groups excluding carboxylic acids is 2. The first-order valence-corrected chi connectivity index (χ1v) is 6.73. The fourth-order valence-corrected chi connectivity index (χ4v) is 2.47. The molecule has 4 nitrogen and oxygen atoms in total. The molecule has 1 aliphatic heterocycles. The van der Waals surface area contributed by atoms with E-state index in [0.717, 1.165) is 5.56 Å². The molecule has 4 heteroatoms. The number of hydrogen-bond donors (Lipinski definition) is 1. The summed E-state index contributed by atoms with van der Waals surface area (Å²) in [6.45, 7) is 5.41. The number of hydrogen-bond acceptors (Lipinski definition) is 3. The summed E-state index contributed by atoms with van der Waals surface area (Å²) < 4.78 is 5.14. The van der Waals surface area contributed by atoms with Crippen molar-refractivity contribution < 1.29 is 14.3 Å². The van der Waals surface area contributed by atoms with Crippen LogP contribution in [0.2, 0.25) is 0 Å². The van der Waals surface area contributed by atoms with Crippen molar-refractivity contribution in [1.82, 2.24) is 5.32 Å². The highest BCUT2D eigenvalue weighted by atomic mass is 16.5. The van der Waals surface area contributed by atoms with E-state index in [2.05, 4.69) is 11.9 Å². The monoisotopic (exact) mass is 273 g/mol. The van der Waals surface area contributed by atoms with Gasteiger partial charge in [0.1, 0.15) is 0 Å². The Kier molecular flexibility index (Phi) is 4.56. The molecule has 1 N–H and O–H groups in total. The van der Waals surface area contributed by atoms with Crippen molar-refractivity contribution in [1.29, 1.82) is 0 Å². The van der Waals surface area contributed by atoms with Crippen LogP contribution >= 0.6 is 0 Å². The molecule has 1 heterocycles. The fraction of sp³-hybridized carbons (Fsp3) is 0.375. The lowest BCUT2D eigenvalue weighted by Gasteiger charge is -2.36. The van der Waals surface area contributed by atoms with Gasteiger partial charge in [-0.25, -0.2) is 0 Å². The lowest BCUT2D eigenvalue weighted by Crippen LogP contribution is -2.57. The van der Waals surface area contributed by atoms with Gasteiger partial charge in [0.15, 0.2) is 0 Å². The molecule has 0 radical (unpaired) electrons. The predicted octanol–water partition coefficient (Wildman–Crippen LogP) is 2.02. The van der Waals surface area contributed by atoms with Crippen molar-refractivity contribution in [3.63, 3.8) is 0 Å². The molecule has 0 spiro atoms. The molecule has 106 valence electrons. The third-order valence-electron chi connectivity index (χ3n) is 3.63. The Morgan fingerprint density at radius 1 is 1.45 bits per heavy atom. The van der Waals surface area contributed by atoms with Gasteiger partial charge in [0.25, 0.3) is 0 Å². The Bertz CT molecular complexity index is 498. The second kappa shape index (κ2) is 6.37. The minimum Gasteiger partial charge on any atom is -0.465 e. The number of amides is 1. The van der Waals surface area contributed by atoms with Crippen LogP contribution in [0.4, 0.5) is 0 Å². The molecule has 0 bridgehead atoms. The Hall–Kier alpha value is -2.10. The Morgan fingerprint density at radius 3 is 2.70 bits per heavy atom. The van der Waals surface area contributed by atoms with Gasteiger partial charge >= 0.3 is 5.97 Å². The number of esters is 1. The first kappa shape index (κ1) is 14.3. The summed E-state index contributed by atoms with van der Waals surface area (Å²) in [4.78, 5) is 22.7. The maximum atomic E-state index is 11.6. The minimum atomic E-state index is -0.302. The van der Waals surface area contributed by atoms with E-state index in [1.165, 1.54) is 6.92 Å². The zero-order valence-electron chi connectivity index (χ0n) is 11.5. The molecule has 1 aromatic carbocycles. The molecule has 20 heavy (non-hydrogen) atoms. The largest absolute Gasteiger partial charge is 0.465 e. The first-order chi connectivity index (χ1) is 9.61. The van der Waals surface area contributed by atoms with Gasteiger partial charge in [-0.05, 0) is 12.0 Å². The molecule has 1 aliphatic rings. The Balaban J connectivity index is 2.08. The van der Waals surface area contributed by atoms with E-state index in [9.17, 15) is 9.59 Å². The Morgan fingerprint density at radius 2 is 2.15 bits per heavy atom. The minimum absolute atomic E-state index is 0.0195. The molecule has 2 rings (SSSR count). The molecule has 1 amide bonds. The summed E-state index contributed by atoms with van der Waals surface area (Å²) >= 11 is 0. The van der Waals surface area contributed by atoms with Gasteiger partial charge in [-0.15, -0.1) is 6.58 Å². The Labute approximate surface area is 118 Å². The second-order valence-corrected chi connectivity index (χ2v) is 5.02. The van der Waals surface area contributed by atoms with Crippen molar-refractivity contribution in [3.05, 3.63) is 48.6 Å². The maximum absolute atomic E-state index is 11.6. The summed E-state index contributed by atoms with van der Waals surface area (Å²) in [6.07, 6.45) is 2.40. The zero-order chi connectivity index (χ0) is 14.5. The van der Waals surface area contributed by atoms with Crippen LogP contribution in [0, 0.1) is 5.92 Å². The molecule has 0 aromatic heterocycles. The first-order valence-electron chi connectivity index (χ1n) is 6.73. The van der Waals surface area contributed by atoms with Crippen LogP contribution < -0.4 is 5.32 Å². The van der Waals surface area contributed by atoms with E-state index in [-0.39, 0.29) is 29.8 Å². The van der Waals surface area contributed by atoms with Crippen LogP contribution in [0.25, 0.3) is 0 Å². The lowest BCUT2D eigenvalue weighted by molar-refractivity contribution is -0.141. The van der Waals surface area contributed by atoms with Gasteiger partial charge in [0.05, 0.1) is 18.6 Å². The highest BCUT2D eigenvalue weighted by molar-refractivity contribution is 5.86. The average molecular weight is 273 g/mol. The smallest absolute Gasteiger partial charge is 0.302 e. The predicted molar refractivity (Wildman–Crippen MR) is 76.1 cm³/mol. The van der Waals surface area contributed by atoms with Crippen LogP contribution in [0.5, 0.6) is 0 Å². The van der Waals surface area contributed by atoms with Crippen molar-refractivity contribution in [2.24, 2.45) is 5.92 Å². The number of ether oxygens (including phenoxy) is 1. The third kappa shape index (κ3) is 3.26. The number of nitrogens with one attached hydrogen (secondary N) is 1. The van der Waals surface area contributed by atoms with Crippen LogP contribution in [0.3, 0.4) is 0 Å². The normalized spacial score (nSPS) is 22.4. The molecule has 1 saturated heterocycles. The van der Waals surface area contributed by atoms with Crippen LogP contribution in [-0.4, -0.2) is 24.5 Å². The summed E-state index contributed by atoms with van der Waals surface area (Å²) in [5.41, 5.74) is 1.08. The van der Waals surface area contributed by atoms with E-state index in [1.807, 2.05) is 30.3 Å². The molecule has 1 fully saturated rings. The van der Waals surface area contributed by atoms with Gasteiger partial charge in [-0.3, -0.25) is 9.59 Å². The van der Waals surface area contributed by atoms with Crippen molar-refractivity contribution in [2.45, 2.75) is 25.3 Å². The topological polar surface area (TPSA) is 55.4 Å².